The first kappa shape index (κ1) is 24.7. The SMILES string of the molecule is C[C@]12CC[C@H](O)CC1CCC1C2CC[C@@]2(C)C1CC[C@@H]2CCCC(O)C(F)(F)F.S. The highest BCUT2D eigenvalue weighted by Crippen LogP contribution is 2.67. The van der Waals surface area contributed by atoms with Crippen LogP contribution in [0.15, 0.2) is 0 Å². The van der Waals surface area contributed by atoms with Crippen LogP contribution < -0.4 is 0 Å². The number of halogens is 3. The van der Waals surface area contributed by atoms with Crippen molar-refractivity contribution in [2.24, 2.45) is 40.4 Å². The normalized spacial score (nSPS) is 46.9. The lowest BCUT2D eigenvalue weighted by molar-refractivity contribution is -0.205. The lowest BCUT2D eigenvalue weighted by Gasteiger charge is -2.61. The van der Waals surface area contributed by atoms with Crippen molar-refractivity contribution < 1.29 is 23.4 Å². The molecule has 0 bridgehead atoms. The van der Waals surface area contributed by atoms with Gasteiger partial charge in [-0.05, 0) is 111 Å². The van der Waals surface area contributed by atoms with Crippen molar-refractivity contribution in [1.29, 1.82) is 0 Å². The van der Waals surface area contributed by atoms with Crippen LogP contribution in [0.2, 0.25) is 0 Å². The summed E-state index contributed by atoms with van der Waals surface area (Å²) in [6.07, 6.45) is 4.80. The molecule has 0 aromatic carbocycles. The lowest BCUT2D eigenvalue weighted by atomic mass is 9.44. The van der Waals surface area contributed by atoms with Gasteiger partial charge in [-0.1, -0.05) is 20.3 Å². The minimum absolute atomic E-state index is 0. The fourth-order valence-electron chi connectivity index (χ4n) is 8.54. The molecular weight excluding hydrogens is 409 g/mol. The molecule has 176 valence electrons. The monoisotopic (exact) mass is 450 g/mol. The molecule has 0 aromatic rings. The highest BCUT2D eigenvalue weighted by Gasteiger charge is 2.59. The van der Waals surface area contributed by atoms with Gasteiger partial charge in [-0.25, -0.2) is 0 Å². The van der Waals surface area contributed by atoms with Gasteiger partial charge in [0, 0.05) is 0 Å². The van der Waals surface area contributed by atoms with E-state index in [-0.39, 0.29) is 31.4 Å². The first-order chi connectivity index (χ1) is 13.6. The second kappa shape index (κ2) is 8.78. The average Bonchev–Trinajstić information content (AvgIpc) is 2.98. The highest BCUT2D eigenvalue weighted by atomic mass is 32.1. The molecule has 0 heterocycles. The third-order valence-corrected chi connectivity index (χ3v) is 10.2. The summed E-state index contributed by atoms with van der Waals surface area (Å²) in [5.41, 5.74) is 0.639. The fourth-order valence-corrected chi connectivity index (χ4v) is 8.54. The Balaban J connectivity index is 0.00000256. The van der Waals surface area contributed by atoms with Crippen molar-refractivity contribution in [2.75, 3.05) is 0 Å². The Morgan fingerprint density at radius 1 is 0.933 bits per heavy atom. The molecule has 6 heteroatoms. The van der Waals surface area contributed by atoms with Gasteiger partial charge < -0.3 is 10.2 Å². The second-order valence-corrected chi connectivity index (χ2v) is 11.4. The summed E-state index contributed by atoms with van der Waals surface area (Å²) in [5.74, 6) is 3.41. The smallest absolute Gasteiger partial charge is 0.393 e. The van der Waals surface area contributed by atoms with Gasteiger partial charge in [0.05, 0.1) is 6.10 Å². The molecule has 4 saturated carbocycles. The molecule has 4 aliphatic rings. The molecule has 9 atom stereocenters. The topological polar surface area (TPSA) is 40.5 Å². The largest absolute Gasteiger partial charge is 0.414 e. The van der Waals surface area contributed by atoms with Crippen molar-refractivity contribution in [3.63, 3.8) is 0 Å². The van der Waals surface area contributed by atoms with E-state index >= 15 is 0 Å². The molecule has 4 fully saturated rings. The first-order valence-corrected chi connectivity index (χ1v) is 12.0. The van der Waals surface area contributed by atoms with Crippen LogP contribution in [-0.4, -0.2) is 28.6 Å². The molecule has 2 nitrogen and oxygen atoms in total. The van der Waals surface area contributed by atoms with Gasteiger partial charge in [-0.15, -0.1) is 0 Å². The molecule has 0 aromatic heterocycles. The van der Waals surface area contributed by atoms with Crippen molar-refractivity contribution in [1.82, 2.24) is 0 Å². The van der Waals surface area contributed by atoms with Gasteiger partial charge >= 0.3 is 6.18 Å². The van der Waals surface area contributed by atoms with Crippen molar-refractivity contribution in [3.05, 3.63) is 0 Å². The maximum Gasteiger partial charge on any atom is 0.414 e. The van der Waals surface area contributed by atoms with Gasteiger partial charge in [-0.2, -0.15) is 26.7 Å². The Kier molecular flexibility index (Phi) is 7.23. The summed E-state index contributed by atoms with van der Waals surface area (Å²) in [7, 11) is 0. The molecule has 0 spiro atoms. The standard InChI is InChI=1S/C24H39F3O2.H2S/c1-22-13-11-20-18(8-6-16-14-17(28)10-12-23(16,20)2)19(22)9-7-15(22)4-3-5-21(29)24(25,26)27;/h15-21,28-29H,3-14H2,1-2H3;1H2/t15-,16?,17-,18?,19?,20?,21?,22+,23-;/m0./s1. The number of rotatable bonds is 4. The Morgan fingerprint density at radius 3 is 2.30 bits per heavy atom. The van der Waals surface area contributed by atoms with E-state index in [0.717, 1.165) is 43.9 Å². The lowest BCUT2D eigenvalue weighted by Crippen LogP contribution is -2.53. The number of hydrogen-bond donors (Lipinski definition) is 2. The number of alkyl halides is 3. The van der Waals surface area contributed by atoms with E-state index < -0.39 is 12.3 Å². The van der Waals surface area contributed by atoms with Crippen LogP contribution >= 0.6 is 13.5 Å². The van der Waals surface area contributed by atoms with E-state index in [0.29, 0.717) is 29.6 Å². The minimum Gasteiger partial charge on any atom is -0.393 e. The summed E-state index contributed by atoms with van der Waals surface area (Å²) in [6.45, 7) is 4.92. The Bertz CT molecular complexity index is 599. The maximum atomic E-state index is 12.6. The zero-order chi connectivity index (χ0) is 21.0. The Hall–Kier alpha value is 0.0600. The number of hydrogen-bond acceptors (Lipinski definition) is 2. The maximum absolute atomic E-state index is 12.6. The van der Waals surface area contributed by atoms with E-state index in [9.17, 15) is 23.4 Å². The number of fused-ring (bicyclic) bond motifs is 5. The molecule has 2 N–H and O–H groups in total. The summed E-state index contributed by atoms with van der Waals surface area (Å²) in [4.78, 5) is 0. The van der Waals surface area contributed by atoms with E-state index in [1.807, 2.05) is 0 Å². The van der Waals surface area contributed by atoms with E-state index in [1.54, 1.807) is 0 Å². The second-order valence-electron chi connectivity index (χ2n) is 11.4. The highest BCUT2D eigenvalue weighted by molar-refractivity contribution is 7.59. The van der Waals surface area contributed by atoms with Crippen molar-refractivity contribution >= 4 is 13.5 Å². The van der Waals surface area contributed by atoms with Crippen molar-refractivity contribution in [3.8, 4) is 0 Å². The van der Waals surface area contributed by atoms with Crippen LogP contribution in [0, 0.1) is 40.4 Å². The summed E-state index contributed by atoms with van der Waals surface area (Å²) >= 11 is 0. The Morgan fingerprint density at radius 2 is 1.60 bits per heavy atom. The first-order valence-electron chi connectivity index (χ1n) is 12.0. The van der Waals surface area contributed by atoms with Crippen LogP contribution in [-0.2, 0) is 0 Å². The molecule has 4 rings (SSSR count). The zero-order valence-electron chi connectivity index (χ0n) is 18.6. The van der Waals surface area contributed by atoms with Crippen LogP contribution in [0.5, 0.6) is 0 Å². The average molecular weight is 451 g/mol. The van der Waals surface area contributed by atoms with Crippen LogP contribution in [0.3, 0.4) is 0 Å². The van der Waals surface area contributed by atoms with E-state index in [1.165, 1.54) is 32.1 Å². The van der Waals surface area contributed by atoms with Gasteiger partial charge in [0.1, 0.15) is 6.10 Å². The molecule has 0 amide bonds. The van der Waals surface area contributed by atoms with Crippen LogP contribution in [0.4, 0.5) is 13.2 Å². The molecule has 0 aliphatic heterocycles. The predicted molar refractivity (Wildman–Crippen MR) is 118 cm³/mol. The summed E-state index contributed by atoms with van der Waals surface area (Å²) in [5, 5.41) is 19.5. The van der Waals surface area contributed by atoms with Gasteiger partial charge in [0.25, 0.3) is 0 Å². The third-order valence-electron chi connectivity index (χ3n) is 10.2. The molecule has 30 heavy (non-hydrogen) atoms. The predicted octanol–water partition coefficient (Wildman–Crippen LogP) is 6.21. The molecule has 5 unspecified atom stereocenters. The van der Waals surface area contributed by atoms with Crippen LogP contribution in [0.1, 0.15) is 90.9 Å². The third kappa shape index (κ3) is 4.19. The molecular formula is C24H41F3O2S. The molecule has 0 saturated heterocycles. The Labute approximate surface area is 186 Å². The molecule has 4 aliphatic carbocycles. The summed E-state index contributed by atoms with van der Waals surface area (Å²) in [6, 6.07) is 0. The van der Waals surface area contributed by atoms with Gasteiger partial charge in [-0.3, -0.25) is 0 Å². The number of aliphatic hydroxyl groups is 2. The zero-order valence-corrected chi connectivity index (χ0v) is 19.6. The van der Waals surface area contributed by atoms with Crippen LogP contribution in [0.25, 0.3) is 0 Å². The molecule has 0 radical (unpaired) electrons. The summed E-state index contributed by atoms with van der Waals surface area (Å²) < 4.78 is 37.8. The van der Waals surface area contributed by atoms with Gasteiger partial charge in [0.2, 0.25) is 0 Å². The van der Waals surface area contributed by atoms with Crippen molar-refractivity contribution in [2.45, 2.75) is 109 Å². The van der Waals surface area contributed by atoms with E-state index in [2.05, 4.69) is 13.8 Å². The number of aliphatic hydroxyl groups excluding tert-OH is 2. The van der Waals surface area contributed by atoms with Gasteiger partial charge in [0.15, 0.2) is 0 Å². The fraction of sp³-hybridized carbons (Fsp3) is 1.00. The minimum atomic E-state index is -4.48. The van der Waals surface area contributed by atoms with E-state index in [4.69, 9.17) is 0 Å². The quantitative estimate of drug-likeness (QED) is 0.534.